The molecule has 0 bridgehead atoms. The van der Waals surface area contributed by atoms with Gasteiger partial charge >= 0.3 is 12.1 Å². The van der Waals surface area contributed by atoms with E-state index in [1.54, 1.807) is 14.2 Å². The van der Waals surface area contributed by atoms with Gasteiger partial charge in [0.25, 0.3) is 0 Å². The van der Waals surface area contributed by atoms with E-state index >= 15 is 0 Å². The molecule has 1 saturated carbocycles. The summed E-state index contributed by atoms with van der Waals surface area (Å²) in [5, 5.41) is 11.8. The van der Waals surface area contributed by atoms with Crippen LogP contribution in [0.1, 0.15) is 36.8 Å². The lowest BCUT2D eigenvalue weighted by Crippen LogP contribution is -2.41. The van der Waals surface area contributed by atoms with Crippen molar-refractivity contribution < 1.29 is 19.1 Å². The average Bonchev–Trinajstić information content (AvgIpc) is 2.88. The van der Waals surface area contributed by atoms with Gasteiger partial charge in [0.2, 0.25) is 0 Å². The molecule has 4 amide bonds. The summed E-state index contributed by atoms with van der Waals surface area (Å²) in [5.41, 5.74) is 1.98. The van der Waals surface area contributed by atoms with Gasteiger partial charge < -0.3 is 30.7 Å². The fourth-order valence-electron chi connectivity index (χ4n) is 4.30. The fourth-order valence-corrected chi connectivity index (χ4v) is 4.30. The van der Waals surface area contributed by atoms with E-state index in [-0.39, 0.29) is 12.1 Å². The summed E-state index contributed by atoms with van der Waals surface area (Å²) < 4.78 is 10.4. The Morgan fingerprint density at radius 2 is 1.24 bits per heavy atom. The van der Waals surface area contributed by atoms with Gasteiger partial charge in [-0.05, 0) is 66.5 Å². The molecule has 2 atom stereocenters. The fraction of sp³-hybridized carbons (Fsp3) is 0.462. The minimum atomic E-state index is -0.167. The average molecular weight is 469 g/mol. The molecule has 8 heteroatoms. The molecule has 0 aliphatic heterocycles. The Morgan fingerprint density at radius 1 is 0.765 bits per heavy atom. The summed E-state index contributed by atoms with van der Waals surface area (Å²) in [6, 6.07) is 15.0. The number of rotatable bonds is 10. The van der Waals surface area contributed by atoms with Crippen LogP contribution in [-0.4, -0.2) is 39.4 Å². The quantitative estimate of drug-likeness (QED) is 0.426. The van der Waals surface area contributed by atoms with Crippen LogP contribution in [0.25, 0.3) is 0 Å². The molecule has 1 fully saturated rings. The Balaban J connectivity index is 1.31. The van der Waals surface area contributed by atoms with E-state index in [1.165, 1.54) is 0 Å². The van der Waals surface area contributed by atoms with Crippen molar-refractivity contribution in [2.75, 3.05) is 27.3 Å². The largest absolute Gasteiger partial charge is 0.497 e. The van der Waals surface area contributed by atoms with Crippen molar-refractivity contribution in [2.24, 2.45) is 11.8 Å². The molecule has 4 N–H and O–H groups in total. The van der Waals surface area contributed by atoms with Crippen LogP contribution in [0.2, 0.25) is 0 Å². The number of nitrogens with one attached hydrogen (secondary N) is 4. The van der Waals surface area contributed by atoms with Gasteiger partial charge in [-0.25, -0.2) is 9.59 Å². The minimum absolute atomic E-state index is 0.167. The molecule has 1 aliphatic carbocycles. The van der Waals surface area contributed by atoms with Crippen molar-refractivity contribution in [2.45, 2.75) is 38.8 Å². The number of carbonyl (C=O) groups excluding carboxylic acids is 2. The van der Waals surface area contributed by atoms with Gasteiger partial charge in [-0.15, -0.1) is 0 Å². The van der Waals surface area contributed by atoms with E-state index in [9.17, 15) is 9.59 Å². The van der Waals surface area contributed by atoms with Crippen LogP contribution in [0.5, 0.6) is 11.5 Å². The van der Waals surface area contributed by atoms with E-state index in [2.05, 4.69) is 21.3 Å². The lowest BCUT2D eigenvalue weighted by Gasteiger charge is -2.29. The molecule has 0 spiro atoms. The summed E-state index contributed by atoms with van der Waals surface area (Å²) in [7, 11) is 3.25. The molecule has 3 rings (SSSR count). The Kier molecular flexibility index (Phi) is 9.88. The van der Waals surface area contributed by atoms with Crippen LogP contribution in [0.3, 0.4) is 0 Å². The molecule has 2 aromatic rings. The number of methoxy groups -OCH3 is 2. The predicted octanol–water partition coefficient (Wildman–Crippen LogP) is 3.81. The smallest absolute Gasteiger partial charge is 0.315 e. The van der Waals surface area contributed by atoms with Crippen molar-refractivity contribution in [1.29, 1.82) is 0 Å². The van der Waals surface area contributed by atoms with Crippen molar-refractivity contribution in [3.8, 4) is 11.5 Å². The molecular formula is C26H36N4O4. The van der Waals surface area contributed by atoms with Crippen molar-refractivity contribution in [3.63, 3.8) is 0 Å². The van der Waals surface area contributed by atoms with E-state index < -0.39 is 0 Å². The van der Waals surface area contributed by atoms with Gasteiger partial charge in [-0.3, -0.25) is 0 Å². The number of carbonyl (C=O) groups is 2. The third kappa shape index (κ3) is 8.50. The molecule has 0 heterocycles. The lowest BCUT2D eigenvalue weighted by atomic mass is 9.81. The van der Waals surface area contributed by atoms with Gasteiger partial charge in [-0.1, -0.05) is 30.7 Å². The van der Waals surface area contributed by atoms with Crippen LogP contribution in [0, 0.1) is 11.8 Å². The third-order valence-corrected chi connectivity index (χ3v) is 6.17. The number of hydrogen-bond acceptors (Lipinski definition) is 4. The first-order valence-corrected chi connectivity index (χ1v) is 11.8. The summed E-state index contributed by atoms with van der Waals surface area (Å²) in [6.07, 6.45) is 4.28. The summed E-state index contributed by atoms with van der Waals surface area (Å²) in [5.74, 6) is 2.39. The summed E-state index contributed by atoms with van der Waals surface area (Å²) >= 11 is 0. The maximum absolute atomic E-state index is 12.2. The molecule has 2 unspecified atom stereocenters. The van der Waals surface area contributed by atoms with Crippen molar-refractivity contribution in [1.82, 2.24) is 21.3 Å². The van der Waals surface area contributed by atoms with Crippen LogP contribution in [-0.2, 0) is 13.1 Å². The normalized spacial score (nSPS) is 17.4. The zero-order chi connectivity index (χ0) is 24.2. The van der Waals surface area contributed by atoms with Gasteiger partial charge in [-0.2, -0.15) is 0 Å². The second-order valence-electron chi connectivity index (χ2n) is 8.73. The highest BCUT2D eigenvalue weighted by molar-refractivity contribution is 5.74. The molecule has 2 aromatic carbocycles. The molecule has 0 radical (unpaired) electrons. The molecule has 8 nitrogen and oxygen atoms in total. The number of hydrogen-bond donors (Lipinski definition) is 4. The van der Waals surface area contributed by atoms with Gasteiger partial charge in [0, 0.05) is 26.2 Å². The molecule has 0 saturated heterocycles. The maximum Gasteiger partial charge on any atom is 0.315 e. The Hall–Kier alpha value is -3.42. The zero-order valence-corrected chi connectivity index (χ0v) is 20.1. The molecule has 34 heavy (non-hydrogen) atoms. The van der Waals surface area contributed by atoms with E-state index in [1.807, 2.05) is 48.5 Å². The molecular weight excluding hydrogens is 432 g/mol. The highest BCUT2D eigenvalue weighted by Gasteiger charge is 2.22. The van der Waals surface area contributed by atoms with Gasteiger partial charge in [0.15, 0.2) is 0 Å². The molecule has 0 aromatic heterocycles. The van der Waals surface area contributed by atoms with Crippen LogP contribution in [0.15, 0.2) is 48.5 Å². The predicted molar refractivity (Wildman–Crippen MR) is 132 cm³/mol. The van der Waals surface area contributed by atoms with Crippen molar-refractivity contribution >= 4 is 12.1 Å². The highest BCUT2D eigenvalue weighted by Crippen LogP contribution is 2.28. The van der Waals surface area contributed by atoms with Crippen LogP contribution >= 0.6 is 0 Å². The first-order chi connectivity index (χ1) is 16.6. The van der Waals surface area contributed by atoms with Gasteiger partial charge in [0.05, 0.1) is 14.2 Å². The topological polar surface area (TPSA) is 101 Å². The van der Waals surface area contributed by atoms with Crippen LogP contribution < -0.4 is 30.7 Å². The zero-order valence-electron chi connectivity index (χ0n) is 20.1. The molecule has 184 valence electrons. The van der Waals surface area contributed by atoms with Gasteiger partial charge in [0.1, 0.15) is 11.5 Å². The first kappa shape index (κ1) is 25.2. The second kappa shape index (κ2) is 13.3. The number of ether oxygens (including phenoxy) is 2. The SMILES string of the molecule is COc1cccc(CNC(=O)NCC2CCCC(CNC(=O)NCc3cccc(OC)c3)C2)c1. The van der Waals surface area contributed by atoms with Crippen molar-refractivity contribution in [3.05, 3.63) is 59.7 Å². The lowest BCUT2D eigenvalue weighted by molar-refractivity contribution is 0.221. The van der Waals surface area contributed by atoms with E-state index in [0.717, 1.165) is 48.3 Å². The summed E-state index contributed by atoms with van der Waals surface area (Å²) in [6.45, 7) is 2.18. The number of amides is 4. The highest BCUT2D eigenvalue weighted by atomic mass is 16.5. The monoisotopic (exact) mass is 468 g/mol. The Morgan fingerprint density at radius 3 is 1.68 bits per heavy atom. The second-order valence-corrected chi connectivity index (χ2v) is 8.73. The number of benzene rings is 2. The Labute approximate surface area is 201 Å². The summed E-state index contributed by atoms with van der Waals surface area (Å²) in [4.78, 5) is 24.4. The standard InChI is InChI=1S/C26H36N4O4/c1-33-23-10-4-8-21(13-23)17-29-25(31)27-15-19-6-3-7-20(12-19)16-28-26(32)30-18-22-9-5-11-24(14-22)34-2/h4-5,8-11,13-14,19-20H,3,6-7,12,15-18H2,1-2H3,(H2,27,29,31)(H2,28,30,32). The van der Waals surface area contributed by atoms with E-state index in [0.29, 0.717) is 38.0 Å². The Bertz CT molecular complexity index is 863. The maximum atomic E-state index is 12.2. The van der Waals surface area contributed by atoms with E-state index in [4.69, 9.17) is 9.47 Å². The molecule has 1 aliphatic rings. The van der Waals surface area contributed by atoms with Crippen LogP contribution in [0.4, 0.5) is 9.59 Å². The first-order valence-electron chi connectivity index (χ1n) is 11.8. The minimum Gasteiger partial charge on any atom is -0.497 e. The third-order valence-electron chi connectivity index (χ3n) is 6.17. The number of urea groups is 2.